The van der Waals surface area contributed by atoms with Crippen LogP contribution in [0.1, 0.15) is 17.5 Å². The molecule has 0 aromatic heterocycles. The molecule has 27 heavy (non-hydrogen) atoms. The van der Waals surface area contributed by atoms with E-state index in [0.717, 1.165) is 43.2 Å². The predicted molar refractivity (Wildman–Crippen MR) is 100 cm³/mol. The number of rotatable bonds is 6. The maximum Gasteiger partial charge on any atom is 0.231 e. The van der Waals surface area contributed by atoms with E-state index in [4.69, 9.17) is 9.47 Å². The number of aliphatic hydroxyl groups excluding tert-OH is 1. The fraction of sp³-hybridized carbons (Fsp3) is 0.429. The van der Waals surface area contributed by atoms with Crippen LogP contribution in [-0.4, -0.2) is 54.0 Å². The summed E-state index contributed by atoms with van der Waals surface area (Å²) in [5, 5.41) is 9.50. The number of fused-ring (bicyclic) bond motifs is 1. The van der Waals surface area contributed by atoms with E-state index in [1.165, 1.54) is 6.07 Å². The highest BCUT2D eigenvalue weighted by Gasteiger charge is 2.28. The molecule has 1 unspecified atom stereocenters. The fourth-order valence-electron chi connectivity index (χ4n) is 3.93. The summed E-state index contributed by atoms with van der Waals surface area (Å²) in [5.74, 6) is 1.47. The van der Waals surface area contributed by atoms with Crippen molar-refractivity contribution < 1.29 is 19.0 Å². The Morgan fingerprint density at radius 1 is 1.00 bits per heavy atom. The van der Waals surface area contributed by atoms with Gasteiger partial charge in [-0.2, -0.15) is 0 Å². The van der Waals surface area contributed by atoms with Gasteiger partial charge < -0.3 is 14.6 Å². The Morgan fingerprint density at radius 2 is 1.85 bits per heavy atom. The zero-order chi connectivity index (χ0) is 18.6. The summed E-state index contributed by atoms with van der Waals surface area (Å²) in [7, 11) is 0. The first-order valence-electron chi connectivity index (χ1n) is 9.43. The van der Waals surface area contributed by atoms with E-state index in [9.17, 15) is 9.50 Å². The zero-order valence-corrected chi connectivity index (χ0v) is 15.3. The van der Waals surface area contributed by atoms with Crippen molar-refractivity contribution in [1.29, 1.82) is 0 Å². The van der Waals surface area contributed by atoms with Crippen LogP contribution in [0.4, 0.5) is 4.39 Å². The van der Waals surface area contributed by atoms with Crippen LogP contribution < -0.4 is 9.47 Å². The quantitative estimate of drug-likeness (QED) is 0.845. The molecule has 0 spiro atoms. The Hall–Kier alpha value is -2.15. The Bertz CT molecular complexity index is 786. The van der Waals surface area contributed by atoms with Crippen molar-refractivity contribution in [2.24, 2.45) is 0 Å². The SMILES string of the molecule is OCCC1CN(Cc2cccc3c2OCO3)CCN1Cc1ccccc1F. The number of nitrogens with zero attached hydrogens (tertiary/aromatic N) is 2. The first kappa shape index (κ1) is 18.2. The van der Waals surface area contributed by atoms with E-state index in [-0.39, 0.29) is 25.3 Å². The molecule has 6 heteroatoms. The van der Waals surface area contributed by atoms with Gasteiger partial charge in [-0.05, 0) is 18.6 Å². The molecule has 2 aliphatic rings. The number of ether oxygens (including phenoxy) is 2. The van der Waals surface area contributed by atoms with Gasteiger partial charge in [-0.15, -0.1) is 0 Å². The Morgan fingerprint density at radius 3 is 2.70 bits per heavy atom. The second kappa shape index (κ2) is 8.25. The standard InChI is InChI=1S/C21H25FN2O3/c22-19-6-2-1-4-16(19)13-24-10-9-23(14-18(24)8-11-25)12-17-5-3-7-20-21(17)27-15-26-20/h1-7,18,25H,8-15H2. The zero-order valence-electron chi connectivity index (χ0n) is 15.3. The molecule has 2 heterocycles. The van der Waals surface area contributed by atoms with Gasteiger partial charge in [0.25, 0.3) is 0 Å². The Labute approximate surface area is 158 Å². The van der Waals surface area contributed by atoms with Crippen LogP contribution in [-0.2, 0) is 13.1 Å². The first-order chi connectivity index (χ1) is 13.2. The number of para-hydroxylation sites is 1. The van der Waals surface area contributed by atoms with E-state index in [1.54, 1.807) is 6.07 Å². The minimum atomic E-state index is -0.167. The number of hydrogen-bond donors (Lipinski definition) is 1. The third-order valence-electron chi connectivity index (χ3n) is 5.35. The maximum atomic E-state index is 14.0. The third kappa shape index (κ3) is 4.08. The minimum Gasteiger partial charge on any atom is -0.454 e. The lowest BCUT2D eigenvalue weighted by molar-refractivity contribution is 0.0488. The first-order valence-corrected chi connectivity index (χ1v) is 9.43. The smallest absolute Gasteiger partial charge is 0.231 e. The number of halogens is 1. The van der Waals surface area contributed by atoms with Gasteiger partial charge >= 0.3 is 0 Å². The number of hydrogen-bond acceptors (Lipinski definition) is 5. The van der Waals surface area contributed by atoms with Gasteiger partial charge in [0.05, 0.1) is 0 Å². The molecule has 0 bridgehead atoms. The Kier molecular flexibility index (Phi) is 5.57. The van der Waals surface area contributed by atoms with Crippen LogP contribution in [0.25, 0.3) is 0 Å². The van der Waals surface area contributed by atoms with Crippen molar-refractivity contribution in [3.8, 4) is 11.5 Å². The predicted octanol–water partition coefficient (Wildman–Crippen LogP) is 2.62. The topological polar surface area (TPSA) is 45.2 Å². The van der Waals surface area contributed by atoms with E-state index in [1.807, 2.05) is 24.3 Å². The van der Waals surface area contributed by atoms with Crippen LogP contribution in [0.5, 0.6) is 11.5 Å². The molecule has 2 aromatic carbocycles. The van der Waals surface area contributed by atoms with Crippen LogP contribution in [0.15, 0.2) is 42.5 Å². The highest BCUT2D eigenvalue weighted by molar-refractivity contribution is 5.48. The molecule has 2 aliphatic heterocycles. The molecule has 4 rings (SSSR count). The molecule has 1 fully saturated rings. The summed E-state index contributed by atoms with van der Waals surface area (Å²) in [5.41, 5.74) is 1.83. The van der Waals surface area contributed by atoms with E-state index in [2.05, 4.69) is 15.9 Å². The minimum absolute atomic E-state index is 0.129. The third-order valence-corrected chi connectivity index (χ3v) is 5.35. The molecule has 1 N–H and O–H groups in total. The fourth-order valence-corrected chi connectivity index (χ4v) is 3.93. The van der Waals surface area contributed by atoms with E-state index >= 15 is 0 Å². The van der Waals surface area contributed by atoms with Crippen LogP contribution in [0.3, 0.4) is 0 Å². The molecular formula is C21H25FN2O3. The van der Waals surface area contributed by atoms with Gasteiger partial charge in [0.2, 0.25) is 6.79 Å². The highest BCUT2D eigenvalue weighted by atomic mass is 19.1. The van der Waals surface area contributed by atoms with Gasteiger partial charge in [0.1, 0.15) is 5.82 Å². The van der Waals surface area contributed by atoms with Gasteiger partial charge in [-0.25, -0.2) is 4.39 Å². The summed E-state index contributed by atoms with van der Waals surface area (Å²) in [6.07, 6.45) is 0.678. The molecule has 2 aromatic rings. The average molecular weight is 372 g/mol. The molecular weight excluding hydrogens is 347 g/mol. The van der Waals surface area contributed by atoms with Gasteiger partial charge in [-0.1, -0.05) is 30.3 Å². The van der Waals surface area contributed by atoms with E-state index in [0.29, 0.717) is 18.5 Å². The summed E-state index contributed by atoms with van der Waals surface area (Å²) in [6, 6.07) is 13.1. The number of benzene rings is 2. The van der Waals surface area contributed by atoms with Gasteiger partial charge in [-0.3, -0.25) is 9.80 Å². The molecule has 144 valence electrons. The normalized spacial score (nSPS) is 20.1. The van der Waals surface area contributed by atoms with Crippen molar-refractivity contribution in [1.82, 2.24) is 9.80 Å². The maximum absolute atomic E-state index is 14.0. The van der Waals surface area contributed by atoms with Crippen molar-refractivity contribution in [3.05, 3.63) is 59.4 Å². The second-order valence-electron chi connectivity index (χ2n) is 7.11. The van der Waals surface area contributed by atoms with Gasteiger partial charge in [0, 0.05) is 56.5 Å². The van der Waals surface area contributed by atoms with Crippen molar-refractivity contribution in [2.75, 3.05) is 33.0 Å². The molecule has 1 saturated heterocycles. The number of aliphatic hydroxyl groups is 1. The largest absolute Gasteiger partial charge is 0.454 e. The van der Waals surface area contributed by atoms with Crippen LogP contribution in [0, 0.1) is 5.82 Å². The summed E-state index contributed by atoms with van der Waals surface area (Å²) in [4.78, 5) is 4.65. The van der Waals surface area contributed by atoms with Crippen molar-refractivity contribution >= 4 is 0 Å². The molecule has 0 saturated carbocycles. The van der Waals surface area contributed by atoms with E-state index < -0.39 is 0 Å². The molecule has 0 radical (unpaired) electrons. The van der Waals surface area contributed by atoms with Crippen molar-refractivity contribution in [2.45, 2.75) is 25.6 Å². The Balaban J connectivity index is 1.43. The molecule has 0 amide bonds. The lowest BCUT2D eigenvalue weighted by Crippen LogP contribution is -2.52. The average Bonchev–Trinajstić information content (AvgIpc) is 3.16. The highest BCUT2D eigenvalue weighted by Crippen LogP contribution is 2.36. The lowest BCUT2D eigenvalue weighted by atomic mass is 10.1. The summed E-state index contributed by atoms with van der Waals surface area (Å²) < 4.78 is 25.1. The second-order valence-corrected chi connectivity index (χ2v) is 7.11. The van der Waals surface area contributed by atoms with Crippen LogP contribution in [0.2, 0.25) is 0 Å². The molecule has 5 nitrogen and oxygen atoms in total. The van der Waals surface area contributed by atoms with Crippen molar-refractivity contribution in [3.63, 3.8) is 0 Å². The van der Waals surface area contributed by atoms with Gasteiger partial charge in [0.15, 0.2) is 11.5 Å². The molecule has 1 atom stereocenters. The monoisotopic (exact) mass is 372 g/mol. The number of piperazine rings is 1. The summed E-state index contributed by atoms with van der Waals surface area (Å²) in [6.45, 7) is 4.32. The summed E-state index contributed by atoms with van der Waals surface area (Å²) >= 11 is 0. The molecule has 0 aliphatic carbocycles. The lowest BCUT2D eigenvalue weighted by Gasteiger charge is -2.41. The van der Waals surface area contributed by atoms with Crippen LogP contribution >= 0.6 is 0 Å².